The van der Waals surface area contributed by atoms with Gasteiger partial charge in [0.1, 0.15) is 0 Å². The number of hydrogen-bond acceptors (Lipinski definition) is 1. The van der Waals surface area contributed by atoms with Crippen LogP contribution in [0.15, 0.2) is 24.3 Å². The highest BCUT2D eigenvalue weighted by molar-refractivity contribution is 5.30. The molecular formula is C17H25N. The molecule has 1 N–H and O–H groups in total. The van der Waals surface area contributed by atoms with E-state index in [1.165, 1.54) is 57.1 Å². The second-order valence-electron chi connectivity index (χ2n) is 6.32. The summed E-state index contributed by atoms with van der Waals surface area (Å²) in [5, 5.41) is 3.65. The molecule has 1 aromatic rings. The summed E-state index contributed by atoms with van der Waals surface area (Å²) in [6.07, 6.45) is 9.66. The van der Waals surface area contributed by atoms with Crippen molar-refractivity contribution in [2.75, 3.05) is 6.54 Å². The molecular weight excluding hydrogens is 218 g/mol. The van der Waals surface area contributed by atoms with E-state index in [4.69, 9.17) is 0 Å². The van der Waals surface area contributed by atoms with E-state index in [-0.39, 0.29) is 5.54 Å². The topological polar surface area (TPSA) is 12.0 Å². The second-order valence-corrected chi connectivity index (χ2v) is 6.32. The largest absolute Gasteiger partial charge is 0.308 e. The predicted octanol–water partition coefficient (Wildman–Crippen LogP) is 4.33. The monoisotopic (exact) mass is 243 g/mol. The highest BCUT2D eigenvalue weighted by atomic mass is 15.0. The van der Waals surface area contributed by atoms with Crippen molar-refractivity contribution in [3.05, 3.63) is 35.4 Å². The molecule has 98 valence electrons. The molecule has 1 heteroatoms. The Balaban J connectivity index is 1.76. The van der Waals surface area contributed by atoms with Gasteiger partial charge in [-0.3, -0.25) is 0 Å². The molecule has 1 unspecified atom stereocenters. The molecule has 1 aliphatic heterocycles. The molecule has 0 aromatic heterocycles. The minimum absolute atomic E-state index is 0.227. The Morgan fingerprint density at radius 3 is 2.33 bits per heavy atom. The minimum atomic E-state index is 0.227. The molecule has 1 nitrogen and oxygen atoms in total. The predicted molar refractivity (Wildman–Crippen MR) is 76.9 cm³/mol. The maximum atomic E-state index is 3.65. The van der Waals surface area contributed by atoms with Crippen LogP contribution in [0.25, 0.3) is 0 Å². The fourth-order valence-corrected chi connectivity index (χ4v) is 3.70. The van der Waals surface area contributed by atoms with Gasteiger partial charge >= 0.3 is 0 Å². The molecule has 18 heavy (non-hydrogen) atoms. The summed E-state index contributed by atoms with van der Waals surface area (Å²) in [7, 11) is 0. The van der Waals surface area contributed by atoms with Crippen molar-refractivity contribution < 1.29 is 0 Å². The maximum Gasteiger partial charge on any atom is 0.0406 e. The van der Waals surface area contributed by atoms with Crippen LogP contribution in [-0.4, -0.2) is 6.54 Å². The van der Waals surface area contributed by atoms with Gasteiger partial charge in [0.05, 0.1) is 0 Å². The van der Waals surface area contributed by atoms with Crippen LogP contribution in [-0.2, 0) is 5.54 Å². The average Bonchev–Trinajstić information content (AvgIpc) is 2.88. The van der Waals surface area contributed by atoms with Gasteiger partial charge in [0.25, 0.3) is 0 Å². The SMILES string of the molecule is CC1(c2ccc(C3CCCCC3)cc2)CCCN1. The molecule has 1 saturated carbocycles. The van der Waals surface area contributed by atoms with E-state index < -0.39 is 0 Å². The first-order valence-electron chi connectivity index (χ1n) is 7.63. The first-order chi connectivity index (χ1) is 8.78. The number of rotatable bonds is 2. The van der Waals surface area contributed by atoms with Crippen molar-refractivity contribution in [3.8, 4) is 0 Å². The summed E-state index contributed by atoms with van der Waals surface area (Å²) in [4.78, 5) is 0. The molecule has 1 aliphatic carbocycles. The van der Waals surface area contributed by atoms with Crippen molar-refractivity contribution in [1.29, 1.82) is 0 Å². The molecule has 1 aromatic carbocycles. The Labute approximate surface area is 111 Å². The second kappa shape index (κ2) is 5.05. The quantitative estimate of drug-likeness (QED) is 0.815. The van der Waals surface area contributed by atoms with E-state index in [1.807, 2.05) is 0 Å². The van der Waals surface area contributed by atoms with E-state index in [0.717, 1.165) is 5.92 Å². The first-order valence-corrected chi connectivity index (χ1v) is 7.63. The fraction of sp³-hybridized carbons (Fsp3) is 0.647. The lowest BCUT2D eigenvalue weighted by molar-refractivity contribution is 0.431. The summed E-state index contributed by atoms with van der Waals surface area (Å²) in [6, 6.07) is 9.50. The van der Waals surface area contributed by atoms with Crippen LogP contribution < -0.4 is 5.32 Å². The lowest BCUT2D eigenvalue weighted by Crippen LogP contribution is -2.33. The zero-order valence-corrected chi connectivity index (χ0v) is 11.5. The standard InChI is InChI=1S/C17H25N/c1-17(12-5-13-18-17)16-10-8-15(9-11-16)14-6-3-2-4-7-14/h8-11,14,18H,2-7,12-13H2,1H3. The summed E-state index contributed by atoms with van der Waals surface area (Å²) >= 11 is 0. The number of hydrogen-bond donors (Lipinski definition) is 1. The molecule has 3 rings (SSSR count). The molecule has 0 spiro atoms. The Hall–Kier alpha value is -0.820. The highest BCUT2D eigenvalue weighted by Crippen LogP contribution is 2.35. The molecule has 1 heterocycles. The Morgan fingerprint density at radius 1 is 1.00 bits per heavy atom. The first kappa shape index (κ1) is 12.2. The summed E-state index contributed by atoms with van der Waals surface area (Å²) in [5.41, 5.74) is 3.27. The van der Waals surface area contributed by atoms with Crippen LogP contribution in [0.4, 0.5) is 0 Å². The van der Waals surface area contributed by atoms with E-state index in [2.05, 4.69) is 36.5 Å². The number of nitrogens with one attached hydrogen (secondary N) is 1. The van der Waals surface area contributed by atoms with Crippen molar-refractivity contribution >= 4 is 0 Å². The lowest BCUT2D eigenvalue weighted by Gasteiger charge is -2.27. The summed E-state index contributed by atoms with van der Waals surface area (Å²) < 4.78 is 0. The van der Waals surface area contributed by atoms with Gasteiger partial charge < -0.3 is 5.32 Å². The molecule has 0 amide bonds. The Bertz CT molecular complexity index is 381. The zero-order valence-electron chi connectivity index (χ0n) is 11.5. The van der Waals surface area contributed by atoms with Gasteiger partial charge in [-0.05, 0) is 56.2 Å². The molecule has 0 bridgehead atoms. The van der Waals surface area contributed by atoms with Crippen LogP contribution in [0, 0.1) is 0 Å². The van der Waals surface area contributed by atoms with Gasteiger partial charge in [-0.25, -0.2) is 0 Å². The highest BCUT2D eigenvalue weighted by Gasteiger charge is 2.29. The average molecular weight is 243 g/mol. The molecule has 2 fully saturated rings. The normalized spacial score (nSPS) is 29.6. The minimum Gasteiger partial charge on any atom is -0.308 e. The number of benzene rings is 1. The summed E-state index contributed by atoms with van der Waals surface area (Å²) in [5.74, 6) is 0.831. The van der Waals surface area contributed by atoms with Gasteiger partial charge in [-0.1, -0.05) is 43.5 Å². The maximum absolute atomic E-state index is 3.65. The van der Waals surface area contributed by atoms with Gasteiger partial charge in [-0.15, -0.1) is 0 Å². The Morgan fingerprint density at radius 2 is 1.72 bits per heavy atom. The zero-order chi connectivity index (χ0) is 12.4. The third-order valence-electron chi connectivity index (χ3n) is 4.99. The van der Waals surface area contributed by atoms with Gasteiger partial charge in [0, 0.05) is 5.54 Å². The third kappa shape index (κ3) is 2.33. The van der Waals surface area contributed by atoms with Crippen LogP contribution in [0.5, 0.6) is 0 Å². The summed E-state index contributed by atoms with van der Waals surface area (Å²) in [6.45, 7) is 3.51. The molecule has 1 atom stereocenters. The lowest BCUT2D eigenvalue weighted by atomic mass is 9.82. The molecule has 0 radical (unpaired) electrons. The van der Waals surface area contributed by atoms with Crippen molar-refractivity contribution in [2.24, 2.45) is 0 Å². The van der Waals surface area contributed by atoms with Crippen molar-refractivity contribution in [3.63, 3.8) is 0 Å². The van der Waals surface area contributed by atoms with Crippen molar-refractivity contribution in [2.45, 2.75) is 63.3 Å². The molecule has 1 saturated heterocycles. The smallest absolute Gasteiger partial charge is 0.0406 e. The van der Waals surface area contributed by atoms with E-state index in [1.54, 1.807) is 5.56 Å². The van der Waals surface area contributed by atoms with Gasteiger partial charge in [-0.2, -0.15) is 0 Å². The van der Waals surface area contributed by atoms with Gasteiger partial charge in [0.15, 0.2) is 0 Å². The van der Waals surface area contributed by atoms with Crippen LogP contribution in [0.3, 0.4) is 0 Å². The van der Waals surface area contributed by atoms with Crippen LogP contribution in [0.2, 0.25) is 0 Å². The van der Waals surface area contributed by atoms with Gasteiger partial charge in [0.2, 0.25) is 0 Å². The Kier molecular flexibility index (Phi) is 3.43. The fourth-order valence-electron chi connectivity index (χ4n) is 3.70. The third-order valence-corrected chi connectivity index (χ3v) is 4.99. The molecule has 2 aliphatic rings. The van der Waals surface area contributed by atoms with Crippen molar-refractivity contribution in [1.82, 2.24) is 5.32 Å². The van der Waals surface area contributed by atoms with E-state index >= 15 is 0 Å². The van der Waals surface area contributed by atoms with Crippen LogP contribution >= 0.6 is 0 Å². The van der Waals surface area contributed by atoms with Crippen LogP contribution in [0.1, 0.15) is 68.9 Å². The van der Waals surface area contributed by atoms with E-state index in [0.29, 0.717) is 0 Å². The van der Waals surface area contributed by atoms with E-state index in [9.17, 15) is 0 Å².